The largest absolute Gasteiger partial charge is 0.490 e. The minimum Gasteiger partial charge on any atom is -0.490 e. The number of rotatable bonds is 5. The summed E-state index contributed by atoms with van der Waals surface area (Å²) in [7, 11) is 1.72. The average Bonchev–Trinajstić information content (AvgIpc) is 2.94. The molecule has 2 rings (SSSR count). The van der Waals surface area contributed by atoms with Crippen molar-refractivity contribution in [2.45, 2.75) is 0 Å². The Morgan fingerprint density at radius 1 is 1.47 bits per heavy atom. The summed E-state index contributed by atoms with van der Waals surface area (Å²) in [6.07, 6.45) is 0. The van der Waals surface area contributed by atoms with Gasteiger partial charge in [0, 0.05) is 12.4 Å². The summed E-state index contributed by atoms with van der Waals surface area (Å²) in [5, 5.41) is 2.30. The highest BCUT2D eigenvalue weighted by atomic mass is 35.5. The molecule has 0 spiro atoms. The fourth-order valence-electron chi connectivity index (χ4n) is 1.47. The summed E-state index contributed by atoms with van der Waals surface area (Å²) >= 11 is 7.37. The number of thiazole rings is 1. The molecular formula is C13H13ClN2O2S. The summed E-state index contributed by atoms with van der Waals surface area (Å²) in [6.45, 7) is 0.859. The number of aromatic nitrogens is 1. The lowest BCUT2D eigenvalue weighted by Gasteiger charge is -2.16. The molecule has 0 aliphatic carbocycles. The van der Waals surface area contributed by atoms with Crippen LogP contribution in [0.2, 0.25) is 5.02 Å². The van der Waals surface area contributed by atoms with E-state index in [4.69, 9.17) is 16.3 Å². The van der Waals surface area contributed by atoms with E-state index < -0.39 is 0 Å². The van der Waals surface area contributed by atoms with Crippen molar-refractivity contribution in [3.8, 4) is 5.75 Å². The van der Waals surface area contributed by atoms with Crippen molar-refractivity contribution in [1.29, 1.82) is 0 Å². The van der Waals surface area contributed by atoms with Crippen molar-refractivity contribution in [3.63, 3.8) is 0 Å². The predicted octanol–water partition coefficient (Wildman–Crippen LogP) is 2.95. The van der Waals surface area contributed by atoms with Crippen LogP contribution in [-0.4, -0.2) is 36.0 Å². The van der Waals surface area contributed by atoms with Gasteiger partial charge in [-0.05, 0) is 12.1 Å². The van der Waals surface area contributed by atoms with Crippen LogP contribution >= 0.6 is 22.9 Å². The molecule has 0 atom stereocenters. The van der Waals surface area contributed by atoms with Gasteiger partial charge in [-0.2, -0.15) is 0 Å². The highest BCUT2D eigenvalue weighted by molar-refractivity contribution is 7.07. The van der Waals surface area contributed by atoms with Crippen molar-refractivity contribution in [3.05, 3.63) is 45.9 Å². The van der Waals surface area contributed by atoms with E-state index in [1.165, 1.54) is 11.3 Å². The molecular weight excluding hydrogens is 284 g/mol. The van der Waals surface area contributed by atoms with E-state index in [1.54, 1.807) is 35.0 Å². The molecule has 19 heavy (non-hydrogen) atoms. The number of benzene rings is 1. The van der Waals surface area contributed by atoms with Crippen molar-refractivity contribution >= 4 is 28.8 Å². The summed E-state index contributed by atoms with van der Waals surface area (Å²) in [5.41, 5.74) is 2.10. The first kappa shape index (κ1) is 13.8. The van der Waals surface area contributed by atoms with E-state index >= 15 is 0 Å². The second-order valence-electron chi connectivity index (χ2n) is 3.88. The fraction of sp³-hybridized carbons (Fsp3) is 0.231. The third-order valence-electron chi connectivity index (χ3n) is 2.52. The summed E-state index contributed by atoms with van der Waals surface area (Å²) in [4.78, 5) is 17.5. The Balaban J connectivity index is 1.83. The normalized spacial score (nSPS) is 10.2. The molecule has 1 aromatic heterocycles. The van der Waals surface area contributed by atoms with Crippen LogP contribution in [0.1, 0.15) is 10.5 Å². The topological polar surface area (TPSA) is 42.4 Å². The van der Waals surface area contributed by atoms with Gasteiger partial charge < -0.3 is 9.64 Å². The first-order valence-corrected chi connectivity index (χ1v) is 7.01. The lowest BCUT2D eigenvalue weighted by atomic mass is 10.3. The Bertz CT molecular complexity index is 545. The molecule has 2 aromatic rings. The van der Waals surface area contributed by atoms with Gasteiger partial charge in [0.2, 0.25) is 0 Å². The Labute approximate surface area is 120 Å². The van der Waals surface area contributed by atoms with Crippen molar-refractivity contribution in [2.75, 3.05) is 20.2 Å². The van der Waals surface area contributed by atoms with E-state index in [0.29, 0.717) is 29.6 Å². The summed E-state index contributed by atoms with van der Waals surface area (Å²) in [5.74, 6) is 0.516. The van der Waals surface area contributed by atoms with Crippen LogP contribution < -0.4 is 4.74 Å². The maximum atomic E-state index is 11.9. The number of amides is 1. The van der Waals surface area contributed by atoms with Gasteiger partial charge in [0.15, 0.2) is 0 Å². The molecule has 0 bridgehead atoms. The molecule has 1 aromatic carbocycles. The monoisotopic (exact) mass is 296 g/mol. The zero-order valence-electron chi connectivity index (χ0n) is 10.4. The summed E-state index contributed by atoms with van der Waals surface area (Å²) in [6, 6.07) is 7.25. The third kappa shape index (κ3) is 3.68. The molecule has 0 saturated carbocycles. The Morgan fingerprint density at radius 2 is 2.26 bits per heavy atom. The van der Waals surface area contributed by atoms with Crippen molar-refractivity contribution in [2.24, 2.45) is 0 Å². The molecule has 1 amide bonds. The zero-order chi connectivity index (χ0) is 13.7. The second kappa shape index (κ2) is 6.54. The standard InChI is InChI=1S/C13H13ClN2O2S/c1-16(13(17)11-8-19-9-15-11)6-7-18-12-5-3-2-4-10(12)14/h2-5,8-9H,6-7H2,1H3. The number of hydrogen-bond donors (Lipinski definition) is 0. The van der Waals surface area contributed by atoms with Crippen LogP contribution in [0, 0.1) is 0 Å². The molecule has 0 unspecified atom stereocenters. The van der Waals surface area contributed by atoms with E-state index in [-0.39, 0.29) is 5.91 Å². The molecule has 0 fully saturated rings. The third-order valence-corrected chi connectivity index (χ3v) is 3.42. The molecule has 1 heterocycles. The minimum atomic E-state index is -0.107. The van der Waals surface area contributed by atoms with Crippen LogP contribution in [-0.2, 0) is 0 Å². The molecule has 0 N–H and O–H groups in total. The van der Waals surface area contributed by atoms with Crippen LogP contribution in [0.4, 0.5) is 0 Å². The number of likely N-dealkylation sites (N-methyl/N-ethyl adjacent to an activating group) is 1. The highest BCUT2D eigenvalue weighted by Gasteiger charge is 2.13. The number of nitrogens with zero attached hydrogens (tertiary/aromatic N) is 2. The smallest absolute Gasteiger partial charge is 0.273 e. The number of carbonyl (C=O) groups is 1. The van der Waals surface area contributed by atoms with Crippen LogP contribution in [0.5, 0.6) is 5.75 Å². The van der Waals surface area contributed by atoms with Crippen molar-refractivity contribution in [1.82, 2.24) is 9.88 Å². The van der Waals surface area contributed by atoms with Gasteiger partial charge >= 0.3 is 0 Å². The van der Waals surface area contributed by atoms with Crippen LogP contribution in [0.15, 0.2) is 35.2 Å². The quantitative estimate of drug-likeness (QED) is 0.852. The molecule has 0 saturated heterocycles. The van der Waals surface area contributed by atoms with E-state index in [9.17, 15) is 4.79 Å². The zero-order valence-corrected chi connectivity index (χ0v) is 11.9. The molecule has 0 radical (unpaired) electrons. The lowest BCUT2D eigenvalue weighted by molar-refractivity contribution is 0.0769. The van der Waals surface area contributed by atoms with E-state index in [2.05, 4.69) is 4.98 Å². The van der Waals surface area contributed by atoms with Gasteiger partial charge in [-0.3, -0.25) is 4.79 Å². The average molecular weight is 297 g/mol. The lowest BCUT2D eigenvalue weighted by Crippen LogP contribution is -2.31. The fourth-order valence-corrected chi connectivity index (χ4v) is 2.19. The second-order valence-corrected chi connectivity index (χ2v) is 5.01. The Kier molecular flexibility index (Phi) is 4.76. The maximum absolute atomic E-state index is 11.9. The van der Waals surface area contributed by atoms with Crippen molar-refractivity contribution < 1.29 is 9.53 Å². The van der Waals surface area contributed by atoms with Gasteiger partial charge in [-0.25, -0.2) is 4.98 Å². The number of para-hydroxylation sites is 1. The van der Waals surface area contributed by atoms with Crippen LogP contribution in [0.3, 0.4) is 0 Å². The Morgan fingerprint density at radius 3 is 2.95 bits per heavy atom. The number of ether oxygens (including phenoxy) is 1. The molecule has 0 aliphatic heterocycles. The van der Waals surface area contributed by atoms with Gasteiger partial charge in [-0.15, -0.1) is 11.3 Å². The van der Waals surface area contributed by atoms with Gasteiger partial charge in [0.1, 0.15) is 18.1 Å². The highest BCUT2D eigenvalue weighted by Crippen LogP contribution is 2.22. The van der Waals surface area contributed by atoms with E-state index in [0.717, 1.165) is 0 Å². The molecule has 100 valence electrons. The first-order chi connectivity index (χ1) is 9.18. The molecule has 0 aliphatic rings. The summed E-state index contributed by atoms with van der Waals surface area (Å²) < 4.78 is 5.53. The number of halogens is 1. The first-order valence-electron chi connectivity index (χ1n) is 5.69. The molecule has 6 heteroatoms. The minimum absolute atomic E-state index is 0.107. The van der Waals surface area contributed by atoms with Gasteiger partial charge in [-0.1, -0.05) is 23.7 Å². The van der Waals surface area contributed by atoms with Gasteiger partial charge in [0.05, 0.1) is 17.1 Å². The number of carbonyl (C=O) groups excluding carboxylic acids is 1. The Hall–Kier alpha value is -1.59. The maximum Gasteiger partial charge on any atom is 0.273 e. The molecule has 4 nitrogen and oxygen atoms in total. The van der Waals surface area contributed by atoms with Gasteiger partial charge in [0.25, 0.3) is 5.91 Å². The number of hydrogen-bond acceptors (Lipinski definition) is 4. The van der Waals surface area contributed by atoms with E-state index in [1.807, 2.05) is 12.1 Å². The SMILES string of the molecule is CN(CCOc1ccccc1Cl)C(=O)c1cscn1. The predicted molar refractivity (Wildman–Crippen MR) is 76.0 cm³/mol. The van der Waals surface area contributed by atoms with Crippen LogP contribution in [0.25, 0.3) is 0 Å².